The molecule has 2 aliphatic rings. The average molecular weight is 258 g/mol. The summed E-state index contributed by atoms with van der Waals surface area (Å²) in [6, 6.07) is 0. The summed E-state index contributed by atoms with van der Waals surface area (Å²) in [7, 11) is 0. The highest BCUT2D eigenvalue weighted by molar-refractivity contribution is 4.86. The second kappa shape index (κ2) is 5.08. The summed E-state index contributed by atoms with van der Waals surface area (Å²) in [5.74, 6) is 0.384. The average Bonchev–Trinajstić information content (AvgIpc) is 2.29. The molecule has 0 amide bonds. The van der Waals surface area contributed by atoms with E-state index in [1.807, 2.05) is 0 Å². The van der Waals surface area contributed by atoms with Crippen LogP contribution in [0.25, 0.3) is 0 Å². The molecule has 0 aromatic rings. The van der Waals surface area contributed by atoms with Gasteiger partial charge in [0, 0.05) is 11.3 Å². The quantitative estimate of drug-likeness (QED) is 0.724. The maximum atomic E-state index is 5.85. The van der Waals surface area contributed by atoms with Gasteiger partial charge in [-0.05, 0) is 0 Å². The molecule has 2 heterocycles. The molecule has 2 aliphatic heterocycles. The summed E-state index contributed by atoms with van der Waals surface area (Å²) in [6.07, 6.45) is -0.220. The Morgan fingerprint density at radius 1 is 0.889 bits per heavy atom. The molecule has 0 bridgehead atoms. The molecule has 4 heteroatoms. The van der Waals surface area contributed by atoms with Crippen LogP contribution in [0, 0.1) is 16.7 Å². The lowest BCUT2D eigenvalue weighted by atomic mass is 9.88. The van der Waals surface area contributed by atoms with Crippen LogP contribution in [0.3, 0.4) is 0 Å². The fourth-order valence-corrected chi connectivity index (χ4v) is 2.25. The Morgan fingerprint density at radius 2 is 1.33 bits per heavy atom. The van der Waals surface area contributed by atoms with Crippen molar-refractivity contribution < 1.29 is 18.9 Å². The van der Waals surface area contributed by atoms with E-state index >= 15 is 0 Å². The van der Waals surface area contributed by atoms with Gasteiger partial charge in [-0.3, -0.25) is 0 Å². The Bertz CT molecular complexity index is 264. The Kier molecular flexibility index (Phi) is 4.02. The van der Waals surface area contributed by atoms with Gasteiger partial charge in [0.25, 0.3) is 0 Å². The summed E-state index contributed by atoms with van der Waals surface area (Å²) < 4.78 is 23.2. The van der Waals surface area contributed by atoms with Gasteiger partial charge in [-0.25, -0.2) is 0 Å². The van der Waals surface area contributed by atoms with Crippen LogP contribution in [0.5, 0.6) is 0 Å². The minimum absolute atomic E-state index is 0.0124. The van der Waals surface area contributed by atoms with Crippen LogP contribution in [-0.2, 0) is 18.9 Å². The van der Waals surface area contributed by atoms with E-state index in [9.17, 15) is 0 Å². The van der Waals surface area contributed by atoms with Gasteiger partial charge in [0.2, 0.25) is 0 Å². The molecule has 0 unspecified atom stereocenters. The van der Waals surface area contributed by atoms with Gasteiger partial charge in [-0.15, -0.1) is 0 Å². The fraction of sp³-hybridized carbons (Fsp3) is 1.00. The Labute approximate surface area is 110 Å². The van der Waals surface area contributed by atoms with E-state index in [1.165, 1.54) is 0 Å². The predicted octanol–water partition coefficient (Wildman–Crippen LogP) is 2.42. The first kappa shape index (κ1) is 14.3. The van der Waals surface area contributed by atoms with E-state index in [2.05, 4.69) is 34.6 Å². The van der Waals surface area contributed by atoms with Gasteiger partial charge in [0.05, 0.1) is 31.8 Å². The molecule has 18 heavy (non-hydrogen) atoms. The molecule has 2 fully saturated rings. The molecule has 0 saturated carbocycles. The van der Waals surface area contributed by atoms with Gasteiger partial charge in [-0.1, -0.05) is 34.6 Å². The number of rotatable bonds is 1. The molecular formula is C14H26O4. The Hall–Kier alpha value is -0.160. The zero-order valence-electron chi connectivity index (χ0n) is 12.2. The first-order chi connectivity index (χ1) is 8.32. The van der Waals surface area contributed by atoms with E-state index in [4.69, 9.17) is 18.9 Å². The smallest absolute Gasteiger partial charge is 0.162 e. The summed E-state index contributed by atoms with van der Waals surface area (Å²) >= 11 is 0. The number of hydrogen-bond acceptors (Lipinski definition) is 4. The monoisotopic (exact) mass is 258 g/mol. The molecule has 4 nitrogen and oxygen atoms in total. The minimum atomic E-state index is -0.133. The van der Waals surface area contributed by atoms with Crippen LogP contribution in [0.4, 0.5) is 0 Å². The van der Waals surface area contributed by atoms with Crippen molar-refractivity contribution in [1.82, 2.24) is 0 Å². The molecular weight excluding hydrogens is 232 g/mol. The highest BCUT2D eigenvalue weighted by atomic mass is 16.7. The topological polar surface area (TPSA) is 36.9 Å². The van der Waals surface area contributed by atoms with Crippen LogP contribution >= 0.6 is 0 Å². The van der Waals surface area contributed by atoms with Crippen molar-refractivity contribution in [3.63, 3.8) is 0 Å². The summed E-state index contributed by atoms with van der Waals surface area (Å²) in [5.41, 5.74) is -0.106. The van der Waals surface area contributed by atoms with Gasteiger partial charge >= 0.3 is 0 Å². The molecule has 0 radical (unpaired) electrons. The standard InChI is InChI=1S/C14H26O4/c1-10(2)11-15-6-14(7-16-11)8-17-12(18-9-14)13(3,4)5/h10-12H,6-9H2,1-5H3. The van der Waals surface area contributed by atoms with E-state index in [0.717, 1.165) is 0 Å². The molecule has 0 aliphatic carbocycles. The molecule has 2 saturated heterocycles. The van der Waals surface area contributed by atoms with Crippen LogP contribution < -0.4 is 0 Å². The van der Waals surface area contributed by atoms with Crippen LogP contribution in [-0.4, -0.2) is 39.0 Å². The predicted molar refractivity (Wildman–Crippen MR) is 68.1 cm³/mol. The molecule has 0 N–H and O–H groups in total. The lowest BCUT2D eigenvalue weighted by Crippen LogP contribution is -2.54. The van der Waals surface area contributed by atoms with Crippen molar-refractivity contribution >= 4 is 0 Å². The van der Waals surface area contributed by atoms with Gasteiger partial charge in [-0.2, -0.15) is 0 Å². The Balaban J connectivity index is 1.86. The summed E-state index contributed by atoms with van der Waals surface area (Å²) in [6.45, 7) is 13.2. The molecule has 1 spiro atoms. The van der Waals surface area contributed by atoms with E-state index in [0.29, 0.717) is 32.3 Å². The van der Waals surface area contributed by atoms with Crippen molar-refractivity contribution in [3.05, 3.63) is 0 Å². The zero-order valence-corrected chi connectivity index (χ0v) is 12.2. The first-order valence-corrected chi connectivity index (χ1v) is 6.79. The maximum Gasteiger partial charge on any atom is 0.162 e. The van der Waals surface area contributed by atoms with E-state index in [-0.39, 0.29) is 23.4 Å². The number of hydrogen-bond donors (Lipinski definition) is 0. The molecule has 2 rings (SSSR count). The third-order valence-corrected chi connectivity index (χ3v) is 3.44. The normalized spacial score (nSPS) is 38.3. The minimum Gasteiger partial charge on any atom is -0.352 e. The molecule has 106 valence electrons. The van der Waals surface area contributed by atoms with Crippen molar-refractivity contribution in [2.45, 2.75) is 47.2 Å². The highest BCUT2D eigenvalue weighted by Gasteiger charge is 2.44. The van der Waals surface area contributed by atoms with Crippen LogP contribution in [0.15, 0.2) is 0 Å². The van der Waals surface area contributed by atoms with Crippen LogP contribution in [0.2, 0.25) is 0 Å². The SMILES string of the molecule is CC(C)C1OCC2(CO1)COC(C(C)(C)C)OC2. The third kappa shape index (κ3) is 3.05. The molecule has 0 atom stereocenters. The first-order valence-electron chi connectivity index (χ1n) is 6.79. The third-order valence-electron chi connectivity index (χ3n) is 3.44. The second-order valence-electron chi connectivity index (χ2n) is 7.05. The van der Waals surface area contributed by atoms with E-state index < -0.39 is 0 Å². The summed E-state index contributed by atoms with van der Waals surface area (Å²) in [4.78, 5) is 0. The molecule has 0 aromatic carbocycles. The van der Waals surface area contributed by atoms with Crippen LogP contribution in [0.1, 0.15) is 34.6 Å². The zero-order chi connectivity index (χ0) is 13.4. The van der Waals surface area contributed by atoms with E-state index in [1.54, 1.807) is 0 Å². The number of ether oxygens (including phenoxy) is 4. The van der Waals surface area contributed by atoms with Crippen molar-refractivity contribution in [2.75, 3.05) is 26.4 Å². The van der Waals surface area contributed by atoms with Crippen molar-refractivity contribution in [2.24, 2.45) is 16.7 Å². The highest BCUT2D eigenvalue weighted by Crippen LogP contribution is 2.35. The van der Waals surface area contributed by atoms with Gasteiger partial charge in [0.15, 0.2) is 12.6 Å². The van der Waals surface area contributed by atoms with Gasteiger partial charge in [0.1, 0.15) is 0 Å². The van der Waals surface area contributed by atoms with Crippen molar-refractivity contribution in [3.8, 4) is 0 Å². The second-order valence-corrected chi connectivity index (χ2v) is 7.05. The Morgan fingerprint density at radius 3 is 1.72 bits per heavy atom. The summed E-state index contributed by atoms with van der Waals surface area (Å²) in [5, 5.41) is 0. The lowest BCUT2D eigenvalue weighted by molar-refractivity contribution is -0.324. The molecule has 0 aromatic heterocycles. The fourth-order valence-electron chi connectivity index (χ4n) is 2.25. The maximum absolute atomic E-state index is 5.85. The van der Waals surface area contributed by atoms with Gasteiger partial charge < -0.3 is 18.9 Å². The van der Waals surface area contributed by atoms with Crippen molar-refractivity contribution in [1.29, 1.82) is 0 Å². The lowest BCUT2D eigenvalue weighted by Gasteiger charge is -2.46. The largest absolute Gasteiger partial charge is 0.352 e.